The quantitative estimate of drug-likeness (QED) is 0.732. The molecule has 0 atom stereocenters. The summed E-state index contributed by atoms with van der Waals surface area (Å²) in [6.45, 7) is 5.19. The molecule has 0 unspecified atom stereocenters. The van der Waals surface area contributed by atoms with E-state index in [9.17, 15) is 4.79 Å². The molecule has 5 nitrogen and oxygen atoms in total. The van der Waals surface area contributed by atoms with Crippen molar-refractivity contribution in [3.63, 3.8) is 0 Å². The van der Waals surface area contributed by atoms with Crippen LogP contribution in [0.5, 0.6) is 11.5 Å². The highest BCUT2D eigenvalue weighted by Gasteiger charge is 2.02. The van der Waals surface area contributed by atoms with Crippen LogP contribution in [0.15, 0.2) is 42.5 Å². The highest BCUT2D eigenvalue weighted by atomic mass is 16.5. The minimum Gasteiger partial charge on any atom is -0.497 e. The van der Waals surface area contributed by atoms with E-state index >= 15 is 0 Å². The van der Waals surface area contributed by atoms with Gasteiger partial charge in [-0.2, -0.15) is 0 Å². The molecule has 2 N–H and O–H groups in total. The van der Waals surface area contributed by atoms with E-state index in [0.717, 1.165) is 17.2 Å². The van der Waals surface area contributed by atoms with Gasteiger partial charge in [-0.15, -0.1) is 0 Å². The molecule has 5 heteroatoms. The van der Waals surface area contributed by atoms with Gasteiger partial charge in [-0.05, 0) is 61.4 Å². The molecule has 2 rings (SSSR count). The fourth-order valence-electron chi connectivity index (χ4n) is 2.35. The Morgan fingerprint density at radius 3 is 2.25 bits per heavy atom. The van der Waals surface area contributed by atoms with E-state index in [2.05, 4.69) is 16.7 Å². The second-order valence-electron chi connectivity index (χ2n) is 5.60. The van der Waals surface area contributed by atoms with Crippen LogP contribution in [0.1, 0.15) is 11.1 Å². The van der Waals surface area contributed by atoms with Gasteiger partial charge >= 0.3 is 0 Å². The summed E-state index contributed by atoms with van der Waals surface area (Å²) in [6.07, 6.45) is 0. The third kappa shape index (κ3) is 5.83. The van der Waals surface area contributed by atoms with Crippen LogP contribution in [0, 0.1) is 13.8 Å². The molecule has 24 heavy (non-hydrogen) atoms. The fourth-order valence-corrected chi connectivity index (χ4v) is 2.35. The van der Waals surface area contributed by atoms with Crippen molar-refractivity contribution >= 4 is 11.6 Å². The third-order valence-corrected chi connectivity index (χ3v) is 3.43. The van der Waals surface area contributed by atoms with Crippen LogP contribution in [0.3, 0.4) is 0 Å². The normalized spacial score (nSPS) is 10.1. The minimum absolute atomic E-state index is 0.0625. The van der Waals surface area contributed by atoms with E-state index in [1.54, 1.807) is 7.11 Å². The molecule has 0 heterocycles. The fraction of sp³-hybridized carbons (Fsp3) is 0.316. The van der Waals surface area contributed by atoms with Crippen LogP contribution in [0.25, 0.3) is 0 Å². The van der Waals surface area contributed by atoms with Gasteiger partial charge in [0.25, 0.3) is 0 Å². The van der Waals surface area contributed by atoms with Crippen molar-refractivity contribution in [2.24, 2.45) is 0 Å². The zero-order chi connectivity index (χ0) is 17.4. The summed E-state index contributed by atoms with van der Waals surface area (Å²) in [6, 6.07) is 13.5. The van der Waals surface area contributed by atoms with Crippen LogP contribution in [0.2, 0.25) is 0 Å². The molecule has 0 aromatic heterocycles. The molecule has 0 saturated carbocycles. The molecular formula is C19H24N2O3. The van der Waals surface area contributed by atoms with Crippen LogP contribution in [-0.4, -0.2) is 32.7 Å². The average molecular weight is 328 g/mol. The predicted octanol–water partition coefficient (Wildman–Crippen LogP) is 2.92. The summed E-state index contributed by atoms with van der Waals surface area (Å²) in [7, 11) is 1.62. The molecule has 128 valence electrons. The number of hydrogen-bond acceptors (Lipinski definition) is 4. The van der Waals surface area contributed by atoms with Crippen molar-refractivity contribution in [2.75, 3.05) is 32.1 Å². The number of anilines is 1. The van der Waals surface area contributed by atoms with Crippen molar-refractivity contribution in [3.05, 3.63) is 53.6 Å². The number of methoxy groups -OCH3 is 1. The van der Waals surface area contributed by atoms with E-state index in [0.29, 0.717) is 13.2 Å². The molecule has 2 aromatic carbocycles. The molecule has 0 aliphatic rings. The lowest BCUT2D eigenvalue weighted by Gasteiger charge is -2.10. The van der Waals surface area contributed by atoms with E-state index in [1.165, 1.54) is 11.1 Å². The number of amides is 1. The topological polar surface area (TPSA) is 59.6 Å². The Hall–Kier alpha value is -2.69. The number of hydrogen-bond donors (Lipinski definition) is 2. The first kappa shape index (κ1) is 17.7. The standard InChI is InChI=1S/C19H24N2O3/c1-14-10-15(2)12-16(11-14)21-13-19(22)20-8-9-24-18-6-4-17(23-3)5-7-18/h4-7,10-12,21H,8-9,13H2,1-3H3,(H,20,22). The van der Waals surface area contributed by atoms with E-state index in [4.69, 9.17) is 9.47 Å². The number of carbonyl (C=O) groups is 1. The van der Waals surface area contributed by atoms with Gasteiger partial charge in [0.15, 0.2) is 0 Å². The molecule has 0 aliphatic carbocycles. The first-order valence-electron chi connectivity index (χ1n) is 7.92. The Morgan fingerprint density at radius 1 is 1.00 bits per heavy atom. The Balaban J connectivity index is 1.65. The van der Waals surface area contributed by atoms with Crippen molar-refractivity contribution in [2.45, 2.75) is 13.8 Å². The summed E-state index contributed by atoms with van der Waals surface area (Å²) >= 11 is 0. The number of rotatable bonds is 8. The van der Waals surface area contributed by atoms with Crippen molar-refractivity contribution in [1.29, 1.82) is 0 Å². The van der Waals surface area contributed by atoms with Gasteiger partial charge in [-0.1, -0.05) is 6.07 Å². The Morgan fingerprint density at radius 2 is 1.62 bits per heavy atom. The number of ether oxygens (including phenoxy) is 2. The molecule has 1 amide bonds. The van der Waals surface area contributed by atoms with Gasteiger partial charge in [0.1, 0.15) is 18.1 Å². The summed E-state index contributed by atoms with van der Waals surface area (Å²) in [5.74, 6) is 1.47. The van der Waals surface area contributed by atoms with Gasteiger partial charge < -0.3 is 20.1 Å². The highest BCUT2D eigenvalue weighted by molar-refractivity contribution is 5.80. The second kappa shape index (κ2) is 8.82. The number of aryl methyl sites for hydroxylation is 2. The largest absolute Gasteiger partial charge is 0.497 e. The summed E-state index contributed by atoms with van der Waals surface area (Å²) in [5.41, 5.74) is 3.30. The lowest BCUT2D eigenvalue weighted by molar-refractivity contribution is -0.119. The summed E-state index contributed by atoms with van der Waals surface area (Å²) < 4.78 is 10.6. The Labute approximate surface area is 143 Å². The Bertz CT molecular complexity index is 649. The highest BCUT2D eigenvalue weighted by Crippen LogP contribution is 2.16. The lowest BCUT2D eigenvalue weighted by Crippen LogP contribution is -2.33. The molecule has 0 spiro atoms. The summed E-state index contributed by atoms with van der Waals surface area (Å²) in [5, 5.41) is 5.95. The van der Waals surface area contributed by atoms with Gasteiger partial charge in [-0.3, -0.25) is 4.79 Å². The first-order valence-corrected chi connectivity index (χ1v) is 7.92. The molecular weight excluding hydrogens is 304 g/mol. The zero-order valence-corrected chi connectivity index (χ0v) is 14.4. The van der Waals surface area contributed by atoms with Crippen molar-refractivity contribution in [1.82, 2.24) is 5.32 Å². The number of benzene rings is 2. The van der Waals surface area contributed by atoms with Crippen LogP contribution >= 0.6 is 0 Å². The third-order valence-electron chi connectivity index (χ3n) is 3.43. The van der Waals surface area contributed by atoms with E-state index in [-0.39, 0.29) is 12.5 Å². The van der Waals surface area contributed by atoms with E-state index < -0.39 is 0 Å². The maximum atomic E-state index is 11.8. The molecule has 0 fully saturated rings. The van der Waals surface area contributed by atoms with Crippen LogP contribution in [0.4, 0.5) is 5.69 Å². The van der Waals surface area contributed by atoms with Crippen LogP contribution < -0.4 is 20.1 Å². The maximum Gasteiger partial charge on any atom is 0.239 e. The van der Waals surface area contributed by atoms with Crippen LogP contribution in [-0.2, 0) is 4.79 Å². The molecule has 2 aromatic rings. The van der Waals surface area contributed by atoms with Gasteiger partial charge in [-0.25, -0.2) is 0 Å². The molecule has 0 bridgehead atoms. The Kier molecular flexibility index (Phi) is 6.49. The monoisotopic (exact) mass is 328 g/mol. The number of nitrogens with one attached hydrogen (secondary N) is 2. The minimum atomic E-state index is -0.0625. The molecule has 0 saturated heterocycles. The average Bonchev–Trinajstić information content (AvgIpc) is 2.56. The molecule has 0 radical (unpaired) electrons. The summed E-state index contributed by atoms with van der Waals surface area (Å²) in [4.78, 5) is 11.8. The maximum absolute atomic E-state index is 11.8. The van der Waals surface area contributed by atoms with Gasteiger partial charge in [0.2, 0.25) is 5.91 Å². The second-order valence-corrected chi connectivity index (χ2v) is 5.60. The molecule has 0 aliphatic heterocycles. The smallest absolute Gasteiger partial charge is 0.239 e. The van der Waals surface area contributed by atoms with Crippen molar-refractivity contribution in [3.8, 4) is 11.5 Å². The van der Waals surface area contributed by atoms with Gasteiger partial charge in [0.05, 0.1) is 20.2 Å². The van der Waals surface area contributed by atoms with Gasteiger partial charge in [0, 0.05) is 5.69 Å². The SMILES string of the molecule is COc1ccc(OCCNC(=O)CNc2cc(C)cc(C)c2)cc1. The first-order chi connectivity index (χ1) is 11.6. The number of carbonyl (C=O) groups excluding carboxylic acids is 1. The predicted molar refractivity (Wildman–Crippen MR) is 95.9 cm³/mol. The lowest BCUT2D eigenvalue weighted by atomic mass is 10.1. The van der Waals surface area contributed by atoms with E-state index in [1.807, 2.05) is 50.2 Å². The van der Waals surface area contributed by atoms with Crippen molar-refractivity contribution < 1.29 is 14.3 Å². The zero-order valence-electron chi connectivity index (χ0n) is 14.4.